The lowest BCUT2D eigenvalue weighted by atomic mass is 10.1. The van der Waals surface area contributed by atoms with Crippen molar-refractivity contribution in [2.45, 2.75) is 13.8 Å². The number of ether oxygens (including phenoxy) is 1. The Labute approximate surface area is 140 Å². The van der Waals surface area contributed by atoms with E-state index in [0.717, 1.165) is 16.9 Å². The van der Waals surface area contributed by atoms with E-state index in [1.54, 1.807) is 4.90 Å². The molecule has 2 aliphatic heterocycles. The second kappa shape index (κ2) is 6.26. The number of thioether (sulfide) groups is 1. The average Bonchev–Trinajstić information content (AvgIpc) is 2.74. The van der Waals surface area contributed by atoms with E-state index in [-0.39, 0.29) is 5.91 Å². The van der Waals surface area contributed by atoms with Gasteiger partial charge in [-0.05, 0) is 29.7 Å². The molecule has 1 aromatic rings. The number of amides is 1. The number of benzene rings is 1. The molecule has 3 nitrogen and oxygen atoms in total. The van der Waals surface area contributed by atoms with Gasteiger partial charge in [0.2, 0.25) is 0 Å². The van der Waals surface area contributed by atoms with Crippen molar-refractivity contribution >= 4 is 40.3 Å². The predicted octanol–water partition coefficient (Wildman–Crippen LogP) is 3.86. The molecule has 1 amide bonds. The summed E-state index contributed by atoms with van der Waals surface area (Å²) in [6.45, 7) is 5.30. The summed E-state index contributed by atoms with van der Waals surface area (Å²) in [5.74, 6) is 1.28. The van der Waals surface area contributed by atoms with Gasteiger partial charge in [0.1, 0.15) is 16.7 Å². The quantitative estimate of drug-likeness (QED) is 0.621. The number of carbonyl (C=O) groups is 1. The summed E-state index contributed by atoms with van der Waals surface area (Å²) in [6, 6.07) is 7.88. The standard InChI is InChI=1S/C17H17NO2S2/c1-11(2)9-18-16(19)15(22-17(18)21)8-12-7-13-5-3-4-6-14(13)20-10-12/h3-8,11H,9-10H2,1-2H3. The minimum Gasteiger partial charge on any atom is -0.488 e. The van der Waals surface area contributed by atoms with Crippen LogP contribution < -0.4 is 4.74 Å². The number of carbonyl (C=O) groups excluding carboxylic acids is 1. The third-order valence-corrected chi connectivity index (χ3v) is 4.77. The van der Waals surface area contributed by atoms with Crippen LogP contribution in [-0.4, -0.2) is 28.3 Å². The fourth-order valence-electron chi connectivity index (χ4n) is 2.41. The lowest BCUT2D eigenvalue weighted by molar-refractivity contribution is -0.122. The first-order valence-corrected chi connectivity index (χ1v) is 8.45. The number of fused-ring (bicyclic) bond motifs is 1. The summed E-state index contributed by atoms with van der Waals surface area (Å²) in [5, 5.41) is 0. The molecule has 0 bridgehead atoms. The monoisotopic (exact) mass is 331 g/mol. The number of rotatable bonds is 3. The molecule has 2 heterocycles. The lowest BCUT2D eigenvalue weighted by Crippen LogP contribution is -2.31. The second-order valence-electron chi connectivity index (χ2n) is 5.73. The highest BCUT2D eigenvalue weighted by molar-refractivity contribution is 8.26. The van der Waals surface area contributed by atoms with Gasteiger partial charge in [-0.3, -0.25) is 9.69 Å². The molecule has 22 heavy (non-hydrogen) atoms. The van der Waals surface area contributed by atoms with Crippen LogP contribution in [0.5, 0.6) is 5.75 Å². The fraction of sp³-hybridized carbons (Fsp3) is 0.294. The van der Waals surface area contributed by atoms with Gasteiger partial charge in [-0.1, -0.05) is 56.0 Å². The molecule has 0 radical (unpaired) electrons. The van der Waals surface area contributed by atoms with Gasteiger partial charge < -0.3 is 4.74 Å². The molecule has 5 heteroatoms. The molecule has 2 aliphatic rings. The molecule has 0 unspecified atom stereocenters. The van der Waals surface area contributed by atoms with Gasteiger partial charge in [-0.25, -0.2) is 0 Å². The predicted molar refractivity (Wildman–Crippen MR) is 94.7 cm³/mol. The van der Waals surface area contributed by atoms with Gasteiger partial charge in [0.25, 0.3) is 5.91 Å². The maximum absolute atomic E-state index is 12.5. The molecule has 1 aromatic carbocycles. The van der Waals surface area contributed by atoms with Crippen molar-refractivity contribution in [3.63, 3.8) is 0 Å². The van der Waals surface area contributed by atoms with Crippen LogP contribution in [0.15, 0.2) is 40.8 Å². The highest BCUT2D eigenvalue weighted by Crippen LogP contribution is 2.34. The summed E-state index contributed by atoms with van der Waals surface area (Å²) in [5.41, 5.74) is 2.03. The minimum absolute atomic E-state index is 0.00320. The molecule has 0 spiro atoms. The smallest absolute Gasteiger partial charge is 0.266 e. The summed E-state index contributed by atoms with van der Waals surface area (Å²) < 4.78 is 6.36. The van der Waals surface area contributed by atoms with Gasteiger partial charge in [-0.15, -0.1) is 0 Å². The van der Waals surface area contributed by atoms with Crippen LogP contribution in [0, 0.1) is 5.92 Å². The molecule has 0 aliphatic carbocycles. The molecule has 0 atom stereocenters. The van der Waals surface area contributed by atoms with Crippen LogP contribution in [0.2, 0.25) is 0 Å². The van der Waals surface area contributed by atoms with Gasteiger partial charge in [0, 0.05) is 12.1 Å². The molecule has 3 rings (SSSR count). The van der Waals surface area contributed by atoms with Gasteiger partial charge in [-0.2, -0.15) is 0 Å². The number of hydrogen-bond acceptors (Lipinski definition) is 4. The van der Waals surface area contributed by atoms with Crippen LogP contribution in [0.3, 0.4) is 0 Å². The maximum Gasteiger partial charge on any atom is 0.266 e. The number of thiocarbonyl (C=S) groups is 1. The van der Waals surface area contributed by atoms with Crippen LogP contribution in [-0.2, 0) is 4.79 Å². The van der Waals surface area contributed by atoms with Gasteiger partial charge in [0.15, 0.2) is 0 Å². The zero-order valence-corrected chi connectivity index (χ0v) is 14.2. The van der Waals surface area contributed by atoms with Crippen molar-refractivity contribution < 1.29 is 9.53 Å². The Balaban J connectivity index is 1.83. The van der Waals surface area contributed by atoms with Crippen molar-refractivity contribution in [1.82, 2.24) is 4.90 Å². The number of nitrogens with zero attached hydrogens (tertiary/aromatic N) is 1. The molecule has 1 saturated heterocycles. The molecule has 0 saturated carbocycles. The van der Waals surface area contributed by atoms with E-state index in [4.69, 9.17) is 17.0 Å². The Hall–Kier alpha value is -1.59. The van der Waals surface area contributed by atoms with Crippen LogP contribution in [0.4, 0.5) is 0 Å². The van der Waals surface area contributed by atoms with Crippen LogP contribution in [0.25, 0.3) is 6.08 Å². The first-order valence-electron chi connectivity index (χ1n) is 7.22. The van der Waals surface area contributed by atoms with E-state index in [9.17, 15) is 4.79 Å². The molecule has 1 fully saturated rings. The van der Waals surface area contributed by atoms with Gasteiger partial charge in [0.05, 0.1) is 4.91 Å². The average molecular weight is 331 g/mol. The minimum atomic E-state index is 0.00320. The van der Waals surface area contributed by atoms with Crippen molar-refractivity contribution in [3.8, 4) is 5.75 Å². The molecule has 0 N–H and O–H groups in total. The second-order valence-corrected chi connectivity index (χ2v) is 7.41. The molecule has 114 valence electrons. The third-order valence-electron chi connectivity index (χ3n) is 3.39. The SMILES string of the molecule is CC(C)CN1C(=O)C(=CC2=Cc3ccccc3OC2)SC1=S. The van der Waals surface area contributed by atoms with E-state index in [1.165, 1.54) is 11.8 Å². The van der Waals surface area contributed by atoms with Crippen molar-refractivity contribution in [3.05, 3.63) is 46.4 Å². The van der Waals surface area contributed by atoms with E-state index in [1.807, 2.05) is 30.3 Å². The fourth-order valence-corrected chi connectivity index (χ4v) is 3.70. The van der Waals surface area contributed by atoms with Crippen molar-refractivity contribution in [2.75, 3.05) is 13.2 Å². The number of para-hydroxylation sites is 1. The Morgan fingerprint density at radius 2 is 2.18 bits per heavy atom. The first-order chi connectivity index (χ1) is 10.5. The Kier molecular flexibility index (Phi) is 4.36. The lowest BCUT2D eigenvalue weighted by Gasteiger charge is -2.17. The number of hydrogen-bond donors (Lipinski definition) is 0. The Morgan fingerprint density at radius 1 is 1.41 bits per heavy atom. The van der Waals surface area contributed by atoms with E-state index >= 15 is 0 Å². The van der Waals surface area contributed by atoms with Crippen molar-refractivity contribution in [1.29, 1.82) is 0 Å². The summed E-state index contributed by atoms with van der Waals surface area (Å²) in [4.78, 5) is 14.8. The van der Waals surface area contributed by atoms with E-state index < -0.39 is 0 Å². The van der Waals surface area contributed by atoms with Crippen LogP contribution >= 0.6 is 24.0 Å². The summed E-state index contributed by atoms with van der Waals surface area (Å²) >= 11 is 6.69. The largest absolute Gasteiger partial charge is 0.488 e. The highest BCUT2D eigenvalue weighted by Gasteiger charge is 2.32. The summed E-state index contributed by atoms with van der Waals surface area (Å²) in [6.07, 6.45) is 3.96. The zero-order chi connectivity index (χ0) is 15.7. The van der Waals surface area contributed by atoms with E-state index in [0.29, 0.717) is 28.3 Å². The zero-order valence-electron chi connectivity index (χ0n) is 12.5. The Bertz CT molecular complexity index is 692. The van der Waals surface area contributed by atoms with Crippen LogP contribution in [0.1, 0.15) is 19.4 Å². The molecular weight excluding hydrogens is 314 g/mol. The van der Waals surface area contributed by atoms with E-state index in [2.05, 4.69) is 19.9 Å². The topological polar surface area (TPSA) is 29.5 Å². The normalized spacial score (nSPS) is 19.5. The van der Waals surface area contributed by atoms with Gasteiger partial charge >= 0.3 is 0 Å². The maximum atomic E-state index is 12.5. The summed E-state index contributed by atoms with van der Waals surface area (Å²) in [7, 11) is 0. The molecule has 0 aromatic heterocycles. The highest BCUT2D eigenvalue weighted by atomic mass is 32.2. The third kappa shape index (κ3) is 3.10. The van der Waals surface area contributed by atoms with Crippen molar-refractivity contribution in [2.24, 2.45) is 5.92 Å². The Morgan fingerprint density at radius 3 is 2.95 bits per heavy atom. The first kappa shape index (κ1) is 15.3. The molecular formula is C17H17NO2S2.